The number of sulfonamides is 1. The highest BCUT2D eigenvalue weighted by molar-refractivity contribution is 7.93. The van der Waals surface area contributed by atoms with Gasteiger partial charge in [0.25, 0.3) is 10.0 Å². The number of aryl methyl sites for hydroxylation is 3. The standard InChI is InChI=1S/C19H23NO6S2/c1-12-7-14(3)19(8-13(12)2)28(25,26)20(15-5-4-6-16(21)9-15)17-10-27(23,24)11-18(17)22/h4-9,17-18,21-22H,10-11H2,1-3H3/t17-,18+/m1/s1. The van der Waals surface area contributed by atoms with Crippen molar-refractivity contribution in [2.75, 3.05) is 15.8 Å². The average molecular weight is 426 g/mol. The first-order chi connectivity index (χ1) is 12.9. The maximum atomic E-state index is 13.6. The van der Waals surface area contributed by atoms with Crippen LogP contribution in [0.4, 0.5) is 5.69 Å². The Morgan fingerprint density at radius 2 is 1.64 bits per heavy atom. The first kappa shape index (κ1) is 20.6. The van der Waals surface area contributed by atoms with E-state index < -0.39 is 43.5 Å². The van der Waals surface area contributed by atoms with E-state index in [0.29, 0.717) is 5.56 Å². The van der Waals surface area contributed by atoms with Crippen LogP contribution >= 0.6 is 0 Å². The summed E-state index contributed by atoms with van der Waals surface area (Å²) in [5.74, 6) is -1.16. The fraction of sp³-hybridized carbons (Fsp3) is 0.368. The van der Waals surface area contributed by atoms with Crippen LogP contribution in [0, 0.1) is 20.8 Å². The number of anilines is 1. The van der Waals surface area contributed by atoms with Gasteiger partial charge in [-0.1, -0.05) is 12.1 Å². The van der Waals surface area contributed by atoms with Gasteiger partial charge in [-0.15, -0.1) is 0 Å². The summed E-state index contributed by atoms with van der Waals surface area (Å²) in [6.07, 6.45) is -1.37. The molecule has 152 valence electrons. The van der Waals surface area contributed by atoms with E-state index in [1.54, 1.807) is 26.0 Å². The highest BCUT2D eigenvalue weighted by atomic mass is 32.2. The first-order valence-corrected chi connectivity index (χ1v) is 12.0. The number of phenolic OH excluding ortho intramolecular Hbond substituents is 1. The predicted octanol–water partition coefficient (Wildman–Crippen LogP) is 1.67. The minimum Gasteiger partial charge on any atom is -0.508 e. The van der Waals surface area contributed by atoms with Crippen molar-refractivity contribution >= 4 is 25.5 Å². The number of sulfone groups is 1. The second kappa shape index (κ2) is 7.06. The van der Waals surface area contributed by atoms with Crippen LogP contribution < -0.4 is 4.31 Å². The number of nitrogens with zero attached hydrogens (tertiary/aromatic N) is 1. The van der Waals surface area contributed by atoms with Crippen molar-refractivity contribution in [1.82, 2.24) is 0 Å². The molecule has 2 aromatic rings. The Labute approximate surface area is 165 Å². The molecule has 0 aliphatic carbocycles. The Morgan fingerprint density at radius 3 is 2.21 bits per heavy atom. The van der Waals surface area contributed by atoms with Crippen molar-refractivity contribution in [2.45, 2.75) is 37.8 Å². The third kappa shape index (κ3) is 3.74. The summed E-state index contributed by atoms with van der Waals surface area (Å²) >= 11 is 0. The van der Waals surface area contributed by atoms with Gasteiger partial charge in [-0.05, 0) is 55.7 Å². The molecule has 1 aliphatic heterocycles. The monoisotopic (exact) mass is 425 g/mol. The lowest BCUT2D eigenvalue weighted by atomic mass is 10.1. The molecule has 0 spiro atoms. The van der Waals surface area contributed by atoms with Gasteiger partial charge in [0.2, 0.25) is 0 Å². The van der Waals surface area contributed by atoms with Gasteiger partial charge in [-0.25, -0.2) is 16.8 Å². The average Bonchev–Trinajstić information content (AvgIpc) is 2.83. The Balaban J connectivity index is 2.23. The molecule has 1 fully saturated rings. The smallest absolute Gasteiger partial charge is 0.264 e. The summed E-state index contributed by atoms with van der Waals surface area (Å²) in [4.78, 5) is 0.0374. The summed E-state index contributed by atoms with van der Waals surface area (Å²) in [5.41, 5.74) is 2.32. The quantitative estimate of drug-likeness (QED) is 0.771. The van der Waals surface area contributed by atoms with Crippen molar-refractivity contribution in [3.63, 3.8) is 0 Å². The molecular weight excluding hydrogens is 402 g/mol. The lowest BCUT2D eigenvalue weighted by molar-refractivity contribution is 0.184. The lowest BCUT2D eigenvalue weighted by Gasteiger charge is -2.32. The van der Waals surface area contributed by atoms with Gasteiger partial charge >= 0.3 is 0 Å². The van der Waals surface area contributed by atoms with Crippen LogP contribution in [-0.2, 0) is 19.9 Å². The van der Waals surface area contributed by atoms with E-state index >= 15 is 0 Å². The minimum absolute atomic E-state index is 0.0374. The van der Waals surface area contributed by atoms with Crippen LogP contribution in [0.3, 0.4) is 0 Å². The second-order valence-electron chi connectivity index (χ2n) is 7.23. The zero-order chi connectivity index (χ0) is 20.9. The van der Waals surface area contributed by atoms with E-state index in [1.165, 1.54) is 24.3 Å². The zero-order valence-corrected chi connectivity index (χ0v) is 17.5. The maximum Gasteiger partial charge on any atom is 0.264 e. The molecule has 0 aromatic heterocycles. The highest BCUT2D eigenvalue weighted by Gasteiger charge is 2.45. The van der Waals surface area contributed by atoms with E-state index in [4.69, 9.17) is 0 Å². The fourth-order valence-corrected chi connectivity index (χ4v) is 7.32. The third-order valence-electron chi connectivity index (χ3n) is 5.01. The summed E-state index contributed by atoms with van der Waals surface area (Å²) in [7, 11) is -7.80. The number of rotatable bonds is 4. The van der Waals surface area contributed by atoms with Crippen LogP contribution in [-0.4, -0.2) is 50.7 Å². The van der Waals surface area contributed by atoms with Crippen molar-refractivity contribution in [2.24, 2.45) is 0 Å². The molecular formula is C19H23NO6S2. The van der Waals surface area contributed by atoms with Crippen molar-refractivity contribution in [3.8, 4) is 5.75 Å². The largest absolute Gasteiger partial charge is 0.508 e. The molecule has 0 radical (unpaired) electrons. The lowest BCUT2D eigenvalue weighted by Crippen LogP contribution is -2.47. The first-order valence-electron chi connectivity index (χ1n) is 8.72. The highest BCUT2D eigenvalue weighted by Crippen LogP contribution is 2.34. The fourth-order valence-electron chi connectivity index (χ4n) is 3.49. The Bertz CT molecular complexity index is 1130. The van der Waals surface area contributed by atoms with Crippen LogP contribution in [0.15, 0.2) is 41.3 Å². The molecule has 1 aliphatic rings. The number of benzene rings is 2. The molecule has 7 nitrogen and oxygen atoms in total. The van der Waals surface area contributed by atoms with E-state index in [-0.39, 0.29) is 16.3 Å². The van der Waals surface area contributed by atoms with Gasteiger partial charge in [0, 0.05) is 6.07 Å². The molecule has 0 bridgehead atoms. The molecule has 2 aromatic carbocycles. The molecule has 9 heteroatoms. The molecule has 2 atom stereocenters. The maximum absolute atomic E-state index is 13.6. The molecule has 3 rings (SSSR count). The summed E-state index contributed by atoms with van der Waals surface area (Å²) in [6, 6.07) is 7.68. The number of hydrogen-bond donors (Lipinski definition) is 2. The number of aliphatic hydroxyl groups excluding tert-OH is 1. The third-order valence-corrected chi connectivity index (χ3v) is 8.70. The van der Waals surface area contributed by atoms with Crippen LogP contribution in [0.5, 0.6) is 5.75 Å². The molecule has 0 amide bonds. The van der Waals surface area contributed by atoms with E-state index in [0.717, 1.165) is 15.4 Å². The van der Waals surface area contributed by atoms with Crippen molar-refractivity contribution in [3.05, 3.63) is 53.1 Å². The van der Waals surface area contributed by atoms with E-state index in [1.807, 2.05) is 6.92 Å². The van der Waals surface area contributed by atoms with Crippen LogP contribution in [0.1, 0.15) is 16.7 Å². The number of hydrogen-bond acceptors (Lipinski definition) is 6. The molecule has 1 heterocycles. The van der Waals surface area contributed by atoms with Gasteiger partial charge in [0.05, 0.1) is 34.2 Å². The molecule has 28 heavy (non-hydrogen) atoms. The second-order valence-corrected chi connectivity index (χ2v) is 11.2. The van der Waals surface area contributed by atoms with Gasteiger partial charge < -0.3 is 10.2 Å². The predicted molar refractivity (Wildman–Crippen MR) is 107 cm³/mol. The molecule has 0 saturated carbocycles. The minimum atomic E-state index is -4.21. The molecule has 0 unspecified atom stereocenters. The number of aromatic hydroxyl groups is 1. The number of phenols is 1. The van der Waals surface area contributed by atoms with E-state index in [9.17, 15) is 27.0 Å². The van der Waals surface area contributed by atoms with Crippen molar-refractivity contribution in [1.29, 1.82) is 0 Å². The Morgan fingerprint density at radius 1 is 1.00 bits per heavy atom. The normalized spacial score (nSPS) is 21.6. The summed E-state index contributed by atoms with van der Waals surface area (Å²) in [6.45, 7) is 5.34. The van der Waals surface area contributed by atoms with Gasteiger partial charge in [0.15, 0.2) is 9.84 Å². The summed E-state index contributed by atoms with van der Waals surface area (Å²) < 4.78 is 52.3. The Kier molecular flexibility index (Phi) is 5.20. The number of aliphatic hydroxyl groups is 1. The van der Waals surface area contributed by atoms with Crippen molar-refractivity contribution < 1.29 is 27.0 Å². The summed E-state index contributed by atoms with van der Waals surface area (Å²) in [5, 5.41) is 20.2. The van der Waals surface area contributed by atoms with Crippen LogP contribution in [0.25, 0.3) is 0 Å². The Hall–Kier alpha value is -2.10. The van der Waals surface area contributed by atoms with Gasteiger partial charge in [0.1, 0.15) is 5.75 Å². The molecule has 1 saturated heterocycles. The topological polar surface area (TPSA) is 112 Å². The van der Waals surface area contributed by atoms with E-state index in [2.05, 4.69) is 0 Å². The molecule has 2 N–H and O–H groups in total. The van der Waals surface area contributed by atoms with Crippen LogP contribution in [0.2, 0.25) is 0 Å². The van der Waals surface area contributed by atoms with Gasteiger partial charge in [-0.3, -0.25) is 4.31 Å². The zero-order valence-electron chi connectivity index (χ0n) is 15.8. The van der Waals surface area contributed by atoms with Gasteiger partial charge in [-0.2, -0.15) is 0 Å². The SMILES string of the molecule is Cc1cc(C)c(S(=O)(=O)N(c2cccc(O)c2)[C@@H]2CS(=O)(=O)C[C@@H]2O)cc1C.